The normalized spacial score (nSPS) is 13.1. The number of rotatable bonds is 10. The maximum atomic E-state index is 7.03. The van der Waals surface area contributed by atoms with E-state index in [0.29, 0.717) is 0 Å². The highest BCUT2D eigenvalue weighted by molar-refractivity contribution is 7.27. The first-order valence-electron chi connectivity index (χ1n) is 30.4. The lowest BCUT2D eigenvalue weighted by Gasteiger charge is -2.31. The first-order chi connectivity index (χ1) is 38.3. The highest BCUT2D eigenvalue weighted by atomic mass is 31.1. The van der Waals surface area contributed by atoms with E-state index >= 15 is 0 Å². The summed E-state index contributed by atoms with van der Waals surface area (Å²) in [6, 6.07) is 59.7. The van der Waals surface area contributed by atoms with Crippen LogP contribution in [0, 0.1) is 0 Å². The quantitative estimate of drug-likeness (QED) is 0.127. The monoisotopic (exact) mass is 1120 g/mol. The van der Waals surface area contributed by atoms with Gasteiger partial charge >= 0.3 is 0 Å². The molecule has 0 aliphatic heterocycles. The largest absolute Gasteiger partial charge is 0.440 e. The zero-order valence-electron chi connectivity index (χ0n) is 55.3. The minimum atomic E-state index is -0.336. The van der Waals surface area contributed by atoms with Gasteiger partial charge in [0.05, 0.1) is 0 Å². The van der Waals surface area contributed by atoms with Gasteiger partial charge in [0.15, 0.2) is 0 Å². The Hall–Kier alpha value is -6.21. The Labute approximate surface area is 505 Å². The summed E-state index contributed by atoms with van der Waals surface area (Å²) in [5.41, 5.74) is 24.2. The molecule has 83 heavy (non-hydrogen) atoms. The van der Waals surface area contributed by atoms with Crippen LogP contribution in [0.25, 0.3) is 66.8 Å². The minimum Gasteiger partial charge on any atom is -0.440 e. The molecule has 3 heteroatoms. The number of hydrogen-bond acceptors (Lipinski definition) is 2. The SMILES string of the molecule is CC(C)(C)c1ccc(-c2cccc(-c3ccccc3OPOc3ccccc3-c3cccc(-c4ccc(C(C)(C)C)cc4C(C)(C)C)c3-c3ccc(C(C)(C)C)cc3C(C)(C)C)c2-c2ccc(C(C)(C)C)cc2C(C)(C)C)c(C(C)(C)C)c1. The van der Waals surface area contributed by atoms with Crippen LogP contribution in [0.4, 0.5) is 0 Å². The third-order valence-electron chi connectivity index (χ3n) is 16.7. The van der Waals surface area contributed by atoms with Gasteiger partial charge in [-0.25, -0.2) is 0 Å². The predicted octanol–water partition coefficient (Wildman–Crippen LogP) is 24.0. The second kappa shape index (κ2) is 22.7. The Morgan fingerprint density at radius 3 is 0.711 bits per heavy atom. The van der Waals surface area contributed by atoms with Gasteiger partial charge < -0.3 is 9.05 Å². The van der Waals surface area contributed by atoms with E-state index in [1.807, 2.05) is 0 Å². The van der Waals surface area contributed by atoms with E-state index < -0.39 is 0 Å². The summed E-state index contributed by atoms with van der Waals surface area (Å²) in [7, 11) is -0.336. The summed E-state index contributed by atoms with van der Waals surface area (Å²) in [6.45, 7) is 56.0. The number of para-hydroxylation sites is 2. The van der Waals surface area contributed by atoms with Crippen molar-refractivity contribution in [3.8, 4) is 78.3 Å². The van der Waals surface area contributed by atoms with Crippen molar-refractivity contribution in [2.24, 2.45) is 0 Å². The van der Waals surface area contributed by atoms with E-state index in [1.165, 1.54) is 89.0 Å². The van der Waals surface area contributed by atoms with Gasteiger partial charge in [-0.2, -0.15) is 0 Å². The van der Waals surface area contributed by atoms with Crippen LogP contribution in [-0.2, 0) is 43.3 Å². The molecular formula is C80H99O2P. The molecule has 0 aromatic heterocycles. The summed E-state index contributed by atoms with van der Waals surface area (Å²) in [4.78, 5) is 0. The van der Waals surface area contributed by atoms with Gasteiger partial charge in [-0.05, 0) is 156 Å². The van der Waals surface area contributed by atoms with Crippen molar-refractivity contribution in [2.45, 2.75) is 209 Å². The Balaban J connectivity index is 1.31. The van der Waals surface area contributed by atoms with Crippen molar-refractivity contribution in [1.29, 1.82) is 0 Å². The molecule has 0 radical (unpaired) electrons. The van der Waals surface area contributed by atoms with Crippen molar-refractivity contribution >= 4 is 9.03 Å². The van der Waals surface area contributed by atoms with Crippen LogP contribution in [-0.4, -0.2) is 0 Å². The van der Waals surface area contributed by atoms with Gasteiger partial charge in [-0.3, -0.25) is 0 Å². The molecule has 8 rings (SSSR count). The van der Waals surface area contributed by atoms with E-state index in [0.717, 1.165) is 33.8 Å². The van der Waals surface area contributed by atoms with Gasteiger partial charge in [-0.1, -0.05) is 312 Å². The molecule has 0 fully saturated rings. The van der Waals surface area contributed by atoms with Crippen LogP contribution < -0.4 is 9.05 Å². The third kappa shape index (κ3) is 13.7. The van der Waals surface area contributed by atoms with Gasteiger partial charge in [0.1, 0.15) is 11.5 Å². The summed E-state index contributed by atoms with van der Waals surface area (Å²) < 4.78 is 14.1. The van der Waals surface area contributed by atoms with Crippen LogP contribution in [0.3, 0.4) is 0 Å². The molecule has 0 spiro atoms. The van der Waals surface area contributed by atoms with E-state index in [9.17, 15) is 0 Å². The predicted molar refractivity (Wildman–Crippen MR) is 365 cm³/mol. The number of benzene rings is 8. The molecule has 8 aromatic rings. The first kappa shape index (κ1) is 62.8. The molecule has 0 saturated carbocycles. The summed E-state index contributed by atoms with van der Waals surface area (Å²) in [5, 5.41) is 0. The zero-order valence-corrected chi connectivity index (χ0v) is 56.3. The molecule has 0 aliphatic carbocycles. The lowest BCUT2D eigenvalue weighted by molar-refractivity contribution is 0.518. The molecule has 0 aliphatic rings. The fourth-order valence-corrected chi connectivity index (χ4v) is 12.3. The highest BCUT2D eigenvalue weighted by Gasteiger charge is 2.32. The molecule has 2 nitrogen and oxygen atoms in total. The maximum Gasteiger partial charge on any atom is 0.275 e. The molecule has 8 aromatic carbocycles. The summed E-state index contributed by atoms with van der Waals surface area (Å²) >= 11 is 0. The smallest absolute Gasteiger partial charge is 0.275 e. The minimum absolute atomic E-state index is 0.000592. The van der Waals surface area contributed by atoms with Gasteiger partial charge in [0, 0.05) is 11.1 Å². The molecule has 0 atom stereocenters. The van der Waals surface area contributed by atoms with E-state index in [4.69, 9.17) is 9.05 Å². The molecular weight excluding hydrogens is 1020 g/mol. The molecule has 0 saturated heterocycles. The van der Waals surface area contributed by atoms with Gasteiger partial charge in [0.2, 0.25) is 0 Å². The van der Waals surface area contributed by atoms with Crippen molar-refractivity contribution in [3.05, 3.63) is 202 Å². The van der Waals surface area contributed by atoms with Gasteiger partial charge in [-0.15, -0.1) is 0 Å². The van der Waals surface area contributed by atoms with E-state index in [-0.39, 0.29) is 52.4 Å². The Bertz CT molecular complexity index is 3420. The fourth-order valence-electron chi connectivity index (χ4n) is 11.7. The summed E-state index contributed by atoms with van der Waals surface area (Å²) in [6.07, 6.45) is 0. The molecule has 0 bridgehead atoms. The second-order valence-corrected chi connectivity index (χ2v) is 32.4. The van der Waals surface area contributed by atoms with Crippen molar-refractivity contribution < 1.29 is 9.05 Å². The molecule has 0 heterocycles. The van der Waals surface area contributed by atoms with Crippen molar-refractivity contribution in [2.75, 3.05) is 0 Å². The van der Waals surface area contributed by atoms with Crippen molar-refractivity contribution in [1.82, 2.24) is 0 Å². The molecule has 0 N–H and O–H groups in total. The average molecular weight is 1120 g/mol. The Morgan fingerprint density at radius 2 is 0.446 bits per heavy atom. The zero-order chi connectivity index (χ0) is 61.2. The Morgan fingerprint density at radius 1 is 0.217 bits per heavy atom. The van der Waals surface area contributed by atoms with Crippen LogP contribution in [0.15, 0.2) is 158 Å². The van der Waals surface area contributed by atoms with Crippen molar-refractivity contribution in [3.63, 3.8) is 0 Å². The third-order valence-corrected chi connectivity index (χ3v) is 17.3. The van der Waals surface area contributed by atoms with Crippen LogP contribution >= 0.6 is 9.03 Å². The van der Waals surface area contributed by atoms with Crippen LogP contribution in [0.1, 0.15) is 211 Å². The highest BCUT2D eigenvalue weighted by Crippen LogP contribution is 2.52. The molecule has 0 unspecified atom stereocenters. The molecule has 0 amide bonds. The second-order valence-electron chi connectivity index (χ2n) is 31.8. The van der Waals surface area contributed by atoms with Gasteiger partial charge in [0.25, 0.3) is 9.03 Å². The number of hydrogen-bond donors (Lipinski definition) is 0. The average Bonchev–Trinajstić information content (AvgIpc) is 2.16. The fraction of sp³-hybridized carbons (Fsp3) is 0.400. The topological polar surface area (TPSA) is 18.5 Å². The Kier molecular flexibility index (Phi) is 17.1. The lowest BCUT2D eigenvalue weighted by Crippen LogP contribution is -2.18. The summed E-state index contributed by atoms with van der Waals surface area (Å²) in [5.74, 6) is 1.55. The first-order valence-corrected chi connectivity index (χ1v) is 31.2. The lowest BCUT2D eigenvalue weighted by atomic mass is 9.73. The van der Waals surface area contributed by atoms with Crippen LogP contribution in [0.5, 0.6) is 11.5 Å². The van der Waals surface area contributed by atoms with Crippen LogP contribution in [0.2, 0.25) is 0 Å². The molecule has 436 valence electrons. The van der Waals surface area contributed by atoms with E-state index in [2.05, 4.69) is 324 Å². The standard InChI is InChI=1S/C80H99O2P/c1-73(2,3)51-39-43-55(65(47-51)77(13,14)15)59-33-29-35-61(71(59)63-45-41-53(75(7,8)9)49-67(63)79(19,20)21)57-31-25-27-37-69(57)81-83-82-70-38-28-26-32-58(70)62-36-30-34-60(56-44-40-52(74(4,5)6)48-66(56)78(16,17)18)72(62)64-46-42-54(76(10,11)12)50-68(64)80(22,23)24/h25-50,83H,1-24H3. The van der Waals surface area contributed by atoms with E-state index in [1.54, 1.807) is 0 Å². The maximum absolute atomic E-state index is 7.03.